The quantitative estimate of drug-likeness (QED) is 0.803. The van der Waals surface area contributed by atoms with Crippen LogP contribution in [0, 0.1) is 5.92 Å². The monoisotopic (exact) mass is 219 g/mol. The molecular formula is C14H21NO. The van der Waals surface area contributed by atoms with Crippen LogP contribution in [0.3, 0.4) is 0 Å². The van der Waals surface area contributed by atoms with Crippen molar-refractivity contribution in [3.8, 4) is 5.75 Å². The highest BCUT2D eigenvalue weighted by molar-refractivity contribution is 5.27. The smallest absolute Gasteiger partial charge is 0.115 e. The van der Waals surface area contributed by atoms with Gasteiger partial charge in [-0.25, -0.2) is 0 Å². The van der Waals surface area contributed by atoms with E-state index in [-0.39, 0.29) is 5.54 Å². The molecule has 1 aliphatic rings. The number of rotatable bonds is 2. The zero-order valence-corrected chi connectivity index (χ0v) is 9.95. The Morgan fingerprint density at radius 1 is 1.25 bits per heavy atom. The minimum atomic E-state index is -0.0243. The molecule has 0 bridgehead atoms. The Labute approximate surface area is 97.5 Å². The predicted molar refractivity (Wildman–Crippen MR) is 66.4 cm³/mol. The van der Waals surface area contributed by atoms with E-state index in [0.717, 1.165) is 25.2 Å². The third-order valence-electron chi connectivity index (χ3n) is 3.76. The van der Waals surface area contributed by atoms with E-state index < -0.39 is 0 Å². The van der Waals surface area contributed by atoms with Crippen molar-refractivity contribution in [3.05, 3.63) is 29.8 Å². The Balaban J connectivity index is 2.00. The van der Waals surface area contributed by atoms with Gasteiger partial charge in [0.15, 0.2) is 0 Å². The molecule has 1 aromatic rings. The van der Waals surface area contributed by atoms with Crippen LogP contribution in [0.2, 0.25) is 0 Å². The van der Waals surface area contributed by atoms with Crippen molar-refractivity contribution in [2.75, 3.05) is 0 Å². The molecule has 1 aliphatic carbocycles. The summed E-state index contributed by atoms with van der Waals surface area (Å²) in [6.07, 6.45) is 5.66. The van der Waals surface area contributed by atoms with Crippen molar-refractivity contribution in [3.63, 3.8) is 0 Å². The molecule has 0 saturated heterocycles. The first-order chi connectivity index (χ1) is 7.57. The molecule has 1 fully saturated rings. The number of hydrogen-bond acceptors (Lipinski definition) is 2. The maximum atomic E-state index is 9.23. The lowest BCUT2D eigenvalue weighted by molar-refractivity contribution is 0.243. The summed E-state index contributed by atoms with van der Waals surface area (Å²) in [5, 5.41) is 9.23. The van der Waals surface area contributed by atoms with E-state index in [0.29, 0.717) is 5.75 Å². The Hall–Kier alpha value is -1.02. The van der Waals surface area contributed by atoms with Gasteiger partial charge in [-0.1, -0.05) is 19.1 Å². The number of hydrogen-bond donors (Lipinski definition) is 2. The molecule has 0 atom stereocenters. The van der Waals surface area contributed by atoms with Gasteiger partial charge in [0, 0.05) is 5.54 Å². The number of nitrogens with two attached hydrogens (primary N) is 1. The normalized spacial score (nSPS) is 30.2. The van der Waals surface area contributed by atoms with Crippen LogP contribution in [0.4, 0.5) is 0 Å². The van der Waals surface area contributed by atoms with Gasteiger partial charge in [0.25, 0.3) is 0 Å². The van der Waals surface area contributed by atoms with Crippen LogP contribution in [-0.2, 0) is 6.42 Å². The minimum absolute atomic E-state index is 0.0243. The molecule has 0 amide bonds. The number of aromatic hydroxyl groups is 1. The van der Waals surface area contributed by atoms with E-state index in [9.17, 15) is 5.11 Å². The van der Waals surface area contributed by atoms with Crippen molar-refractivity contribution < 1.29 is 5.11 Å². The van der Waals surface area contributed by atoms with E-state index in [2.05, 4.69) is 6.92 Å². The first kappa shape index (κ1) is 11.5. The molecule has 3 N–H and O–H groups in total. The van der Waals surface area contributed by atoms with Gasteiger partial charge in [0.1, 0.15) is 5.75 Å². The lowest BCUT2D eigenvalue weighted by atomic mass is 9.75. The first-order valence-corrected chi connectivity index (χ1v) is 6.14. The molecule has 16 heavy (non-hydrogen) atoms. The molecule has 0 spiro atoms. The van der Waals surface area contributed by atoms with E-state index >= 15 is 0 Å². The number of phenolic OH excluding ortho intramolecular Hbond substituents is 1. The van der Waals surface area contributed by atoms with E-state index in [1.807, 2.05) is 12.1 Å². The average molecular weight is 219 g/mol. The molecule has 0 aliphatic heterocycles. The van der Waals surface area contributed by atoms with Gasteiger partial charge in [0.05, 0.1) is 0 Å². The van der Waals surface area contributed by atoms with E-state index in [1.54, 1.807) is 12.1 Å². The second-order valence-electron chi connectivity index (χ2n) is 5.39. The summed E-state index contributed by atoms with van der Waals surface area (Å²) in [5.41, 5.74) is 7.64. The first-order valence-electron chi connectivity index (χ1n) is 6.14. The second kappa shape index (κ2) is 4.46. The van der Waals surface area contributed by atoms with Crippen LogP contribution < -0.4 is 5.73 Å². The second-order valence-corrected chi connectivity index (χ2v) is 5.39. The maximum absolute atomic E-state index is 9.23. The van der Waals surface area contributed by atoms with Crippen LogP contribution in [0.1, 0.15) is 38.2 Å². The summed E-state index contributed by atoms with van der Waals surface area (Å²) in [5.74, 6) is 1.16. The zero-order chi connectivity index (χ0) is 11.6. The van der Waals surface area contributed by atoms with Crippen molar-refractivity contribution in [2.24, 2.45) is 11.7 Å². The Bertz CT molecular complexity index is 336. The predicted octanol–water partition coefficient (Wildman–Crippen LogP) is 2.84. The van der Waals surface area contributed by atoms with Gasteiger partial charge in [-0.05, 0) is 55.7 Å². The van der Waals surface area contributed by atoms with Crippen LogP contribution >= 0.6 is 0 Å². The SMILES string of the molecule is CC1CCC(N)(Cc2ccc(O)cc2)CC1. The third-order valence-corrected chi connectivity index (χ3v) is 3.76. The Kier molecular flexibility index (Phi) is 3.20. The Morgan fingerprint density at radius 3 is 2.38 bits per heavy atom. The maximum Gasteiger partial charge on any atom is 0.115 e. The fraction of sp³-hybridized carbons (Fsp3) is 0.571. The molecule has 0 radical (unpaired) electrons. The van der Waals surface area contributed by atoms with Gasteiger partial charge in [-0.2, -0.15) is 0 Å². The van der Waals surface area contributed by atoms with Gasteiger partial charge in [-0.3, -0.25) is 0 Å². The van der Waals surface area contributed by atoms with Gasteiger partial charge in [-0.15, -0.1) is 0 Å². The molecule has 2 rings (SSSR count). The van der Waals surface area contributed by atoms with Crippen molar-refractivity contribution in [1.29, 1.82) is 0 Å². The standard InChI is InChI=1S/C14H21NO/c1-11-6-8-14(15,9-7-11)10-12-2-4-13(16)5-3-12/h2-5,11,16H,6-10,15H2,1H3. The molecule has 0 unspecified atom stereocenters. The highest BCUT2D eigenvalue weighted by Gasteiger charge is 2.30. The summed E-state index contributed by atoms with van der Waals surface area (Å²) in [6, 6.07) is 7.43. The van der Waals surface area contributed by atoms with Gasteiger partial charge >= 0.3 is 0 Å². The fourth-order valence-electron chi connectivity index (χ4n) is 2.53. The molecule has 2 nitrogen and oxygen atoms in total. The van der Waals surface area contributed by atoms with Crippen LogP contribution in [-0.4, -0.2) is 10.6 Å². The lowest BCUT2D eigenvalue weighted by Gasteiger charge is -2.36. The minimum Gasteiger partial charge on any atom is -0.508 e. The van der Waals surface area contributed by atoms with Crippen molar-refractivity contribution >= 4 is 0 Å². The Morgan fingerprint density at radius 2 is 1.81 bits per heavy atom. The fourth-order valence-corrected chi connectivity index (χ4v) is 2.53. The van der Waals surface area contributed by atoms with E-state index in [4.69, 9.17) is 5.73 Å². The summed E-state index contributed by atoms with van der Waals surface area (Å²) in [4.78, 5) is 0. The van der Waals surface area contributed by atoms with Crippen LogP contribution in [0.5, 0.6) is 5.75 Å². The summed E-state index contributed by atoms with van der Waals surface area (Å²) in [6.45, 7) is 2.31. The average Bonchev–Trinajstić information content (AvgIpc) is 2.27. The highest BCUT2D eigenvalue weighted by Crippen LogP contribution is 2.32. The zero-order valence-electron chi connectivity index (χ0n) is 9.95. The third kappa shape index (κ3) is 2.76. The molecule has 88 valence electrons. The van der Waals surface area contributed by atoms with E-state index in [1.165, 1.54) is 18.4 Å². The van der Waals surface area contributed by atoms with Crippen molar-refractivity contribution in [1.82, 2.24) is 0 Å². The number of benzene rings is 1. The van der Waals surface area contributed by atoms with Crippen LogP contribution in [0.25, 0.3) is 0 Å². The summed E-state index contributed by atoms with van der Waals surface area (Å²) in [7, 11) is 0. The molecule has 0 heterocycles. The summed E-state index contributed by atoms with van der Waals surface area (Å²) >= 11 is 0. The lowest BCUT2D eigenvalue weighted by Crippen LogP contribution is -2.45. The topological polar surface area (TPSA) is 46.2 Å². The molecule has 1 saturated carbocycles. The molecule has 1 aromatic carbocycles. The molecule has 2 heteroatoms. The highest BCUT2D eigenvalue weighted by atomic mass is 16.3. The van der Waals surface area contributed by atoms with Crippen molar-refractivity contribution in [2.45, 2.75) is 44.6 Å². The number of phenols is 1. The van der Waals surface area contributed by atoms with Gasteiger partial charge in [0.2, 0.25) is 0 Å². The summed E-state index contributed by atoms with van der Waals surface area (Å²) < 4.78 is 0. The van der Waals surface area contributed by atoms with Gasteiger partial charge < -0.3 is 10.8 Å². The van der Waals surface area contributed by atoms with Crippen LogP contribution in [0.15, 0.2) is 24.3 Å². The molecular weight excluding hydrogens is 198 g/mol. The molecule has 0 aromatic heterocycles. The largest absolute Gasteiger partial charge is 0.508 e.